The summed E-state index contributed by atoms with van der Waals surface area (Å²) in [5, 5.41) is 11.7. The van der Waals surface area contributed by atoms with Crippen molar-refractivity contribution in [2.45, 2.75) is 19.7 Å². The Balaban J connectivity index is 1.22. The van der Waals surface area contributed by atoms with E-state index in [1.54, 1.807) is 24.3 Å². The van der Waals surface area contributed by atoms with Crippen LogP contribution in [-0.2, 0) is 19.7 Å². The van der Waals surface area contributed by atoms with E-state index in [-0.39, 0.29) is 17.9 Å². The van der Waals surface area contributed by atoms with Crippen LogP contribution in [0, 0.1) is 10.1 Å². The Kier molecular flexibility index (Phi) is 7.06. The van der Waals surface area contributed by atoms with Gasteiger partial charge < -0.3 is 9.15 Å². The van der Waals surface area contributed by atoms with E-state index < -0.39 is 4.92 Å². The third-order valence-corrected chi connectivity index (χ3v) is 6.46. The highest BCUT2D eigenvalue weighted by molar-refractivity contribution is 5.81. The van der Waals surface area contributed by atoms with Crippen molar-refractivity contribution in [3.63, 3.8) is 0 Å². The van der Waals surface area contributed by atoms with Crippen molar-refractivity contribution < 1.29 is 14.1 Å². The molecule has 8 nitrogen and oxygen atoms in total. The van der Waals surface area contributed by atoms with Crippen molar-refractivity contribution in [1.82, 2.24) is 9.80 Å². The normalized spacial score (nSPS) is 14.7. The zero-order chi connectivity index (χ0) is 24.9. The quantitative estimate of drug-likeness (QED) is 0.205. The van der Waals surface area contributed by atoms with Gasteiger partial charge >= 0.3 is 5.63 Å². The number of fused-ring (bicyclic) bond motifs is 1. The molecule has 0 spiro atoms. The van der Waals surface area contributed by atoms with Crippen molar-refractivity contribution in [3.8, 4) is 5.75 Å². The van der Waals surface area contributed by atoms with Crippen LogP contribution in [0.4, 0.5) is 5.69 Å². The fourth-order valence-corrected chi connectivity index (χ4v) is 4.50. The first-order valence-corrected chi connectivity index (χ1v) is 11.9. The largest absolute Gasteiger partial charge is 0.489 e. The lowest BCUT2D eigenvalue weighted by molar-refractivity contribution is -0.384. The molecule has 0 radical (unpaired) electrons. The Bertz CT molecular complexity index is 1390. The molecular weight excluding hydrogens is 458 g/mol. The van der Waals surface area contributed by atoms with E-state index in [1.165, 1.54) is 17.7 Å². The minimum atomic E-state index is -0.432. The highest BCUT2D eigenvalue weighted by atomic mass is 16.6. The molecule has 0 aliphatic carbocycles. The van der Waals surface area contributed by atoms with Gasteiger partial charge in [0.25, 0.3) is 5.69 Å². The maximum Gasteiger partial charge on any atom is 0.336 e. The lowest BCUT2D eigenvalue weighted by atomic mass is 10.1. The van der Waals surface area contributed by atoms with Crippen LogP contribution < -0.4 is 10.4 Å². The second kappa shape index (κ2) is 10.7. The summed E-state index contributed by atoms with van der Waals surface area (Å²) in [6.45, 7) is 5.72. The highest BCUT2D eigenvalue weighted by Gasteiger charge is 2.19. The molecule has 0 N–H and O–H groups in total. The fourth-order valence-electron chi connectivity index (χ4n) is 4.50. The van der Waals surface area contributed by atoms with Crippen molar-refractivity contribution in [1.29, 1.82) is 0 Å². The van der Waals surface area contributed by atoms with Gasteiger partial charge in [-0.25, -0.2) is 4.79 Å². The fraction of sp³-hybridized carbons (Fsp3) is 0.250. The Hall–Kier alpha value is -4.01. The number of piperazine rings is 1. The predicted octanol–water partition coefficient (Wildman–Crippen LogP) is 4.60. The molecule has 8 heteroatoms. The van der Waals surface area contributed by atoms with Crippen LogP contribution in [0.3, 0.4) is 0 Å². The molecule has 1 aromatic heterocycles. The van der Waals surface area contributed by atoms with E-state index in [0.29, 0.717) is 17.9 Å². The lowest BCUT2D eigenvalue weighted by Crippen LogP contribution is -2.45. The molecule has 184 valence electrons. The van der Waals surface area contributed by atoms with Crippen molar-refractivity contribution >= 4 is 16.7 Å². The van der Waals surface area contributed by atoms with Crippen LogP contribution in [0.1, 0.15) is 16.7 Å². The van der Waals surface area contributed by atoms with Crippen molar-refractivity contribution in [3.05, 3.63) is 116 Å². The first-order chi connectivity index (χ1) is 17.5. The summed E-state index contributed by atoms with van der Waals surface area (Å²) in [4.78, 5) is 27.5. The monoisotopic (exact) mass is 485 g/mol. The van der Waals surface area contributed by atoms with Gasteiger partial charge in [-0.05, 0) is 41.0 Å². The molecule has 5 rings (SSSR count). The van der Waals surface area contributed by atoms with E-state index in [4.69, 9.17) is 9.15 Å². The molecule has 36 heavy (non-hydrogen) atoms. The highest BCUT2D eigenvalue weighted by Crippen LogP contribution is 2.25. The number of non-ortho nitro benzene ring substituents is 1. The number of rotatable bonds is 8. The molecule has 1 saturated heterocycles. The summed E-state index contributed by atoms with van der Waals surface area (Å²) in [5.74, 6) is 0.565. The van der Waals surface area contributed by atoms with Gasteiger partial charge in [-0.1, -0.05) is 30.3 Å². The average molecular weight is 486 g/mol. The van der Waals surface area contributed by atoms with E-state index in [2.05, 4.69) is 34.1 Å². The molecule has 1 fully saturated rings. The summed E-state index contributed by atoms with van der Waals surface area (Å²) in [6.07, 6.45) is 0. The number of hydrogen-bond donors (Lipinski definition) is 0. The van der Waals surface area contributed by atoms with Gasteiger partial charge in [-0.2, -0.15) is 0 Å². The zero-order valence-corrected chi connectivity index (χ0v) is 19.8. The molecule has 0 bridgehead atoms. The number of nitrogens with zero attached hydrogens (tertiary/aromatic N) is 3. The minimum absolute atomic E-state index is 0.0383. The minimum Gasteiger partial charge on any atom is -0.489 e. The lowest BCUT2D eigenvalue weighted by Gasteiger charge is -2.34. The Morgan fingerprint density at radius 1 is 0.833 bits per heavy atom. The number of nitro groups is 1. The molecule has 1 aliphatic rings. The van der Waals surface area contributed by atoms with Gasteiger partial charge in [0.2, 0.25) is 0 Å². The van der Waals surface area contributed by atoms with Gasteiger partial charge in [-0.15, -0.1) is 0 Å². The van der Waals surface area contributed by atoms with E-state index in [9.17, 15) is 14.9 Å². The molecule has 0 saturated carbocycles. The molecule has 0 amide bonds. The molecule has 0 unspecified atom stereocenters. The van der Waals surface area contributed by atoms with Crippen molar-refractivity contribution in [2.75, 3.05) is 26.2 Å². The van der Waals surface area contributed by atoms with Crippen LogP contribution in [0.25, 0.3) is 11.0 Å². The molecule has 2 heterocycles. The first kappa shape index (κ1) is 23.7. The summed E-state index contributed by atoms with van der Waals surface area (Å²) in [5.41, 5.74) is 3.22. The Morgan fingerprint density at radius 2 is 1.53 bits per heavy atom. The Labute approximate surface area is 208 Å². The Morgan fingerprint density at radius 3 is 2.22 bits per heavy atom. The van der Waals surface area contributed by atoms with E-state index in [0.717, 1.165) is 49.2 Å². The zero-order valence-electron chi connectivity index (χ0n) is 19.8. The van der Waals surface area contributed by atoms with E-state index in [1.807, 2.05) is 18.2 Å². The third-order valence-electron chi connectivity index (χ3n) is 6.46. The van der Waals surface area contributed by atoms with Crippen LogP contribution in [0.15, 0.2) is 88.1 Å². The van der Waals surface area contributed by atoms with Crippen LogP contribution in [-0.4, -0.2) is 40.9 Å². The summed E-state index contributed by atoms with van der Waals surface area (Å²) in [6, 6.07) is 23.8. The number of benzene rings is 3. The van der Waals surface area contributed by atoms with Crippen LogP contribution >= 0.6 is 0 Å². The van der Waals surface area contributed by atoms with Crippen molar-refractivity contribution in [2.24, 2.45) is 0 Å². The van der Waals surface area contributed by atoms with Gasteiger partial charge in [0.1, 0.15) is 17.9 Å². The van der Waals surface area contributed by atoms with Crippen LogP contribution in [0.2, 0.25) is 0 Å². The SMILES string of the molecule is O=c1cc(CN2CCN(Cc3ccccc3)CC2)c2ccc(OCc3ccc([N+](=O)[O-])cc3)cc2o1. The topological polar surface area (TPSA) is 89.1 Å². The first-order valence-electron chi connectivity index (χ1n) is 11.9. The third kappa shape index (κ3) is 5.79. The summed E-state index contributed by atoms with van der Waals surface area (Å²) in [7, 11) is 0. The second-order valence-electron chi connectivity index (χ2n) is 9.00. The predicted molar refractivity (Wildman–Crippen MR) is 137 cm³/mol. The molecule has 4 aromatic rings. The number of ether oxygens (including phenoxy) is 1. The molecule has 0 atom stereocenters. The average Bonchev–Trinajstić information content (AvgIpc) is 2.89. The number of nitro benzene ring substituents is 1. The smallest absolute Gasteiger partial charge is 0.336 e. The van der Waals surface area contributed by atoms with Gasteiger partial charge in [0.15, 0.2) is 0 Å². The van der Waals surface area contributed by atoms with Gasteiger partial charge in [0, 0.05) is 68.9 Å². The summed E-state index contributed by atoms with van der Waals surface area (Å²) >= 11 is 0. The molecular formula is C28H27N3O5. The maximum atomic E-state index is 12.3. The number of hydrogen-bond acceptors (Lipinski definition) is 7. The maximum absolute atomic E-state index is 12.3. The molecule has 1 aliphatic heterocycles. The summed E-state index contributed by atoms with van der Waals surface area (Å²) < 4.78 is 11.3. The molecule has 3 aromatic carbocycles. The standard InChI is InChI=1S/C28H27N3O5/c32-28-16-23(19-30-14-12-29(13-15-30)18-21-4-2-1-3-5-21)26-11-10-25(17-27(26)36-28)35-20-22-6-8-24(9-7-22)31(33)34/h1-11,16-17H,12-15,18-20H2. The second-order valence-corrected chi connectivity index (χ2v) is 9.00. The van der Waals surface area contributed by atoms with E-state index >= 15 is 0 Å². The van der Waals surface area contributed by atoms with Crippen LogP contribution in [0.5, 0.6) is 5.75 Å². The van der Waals surface area contributed by atoms with Gasteiger partial charge in [-0.3, -0.25) is 19.9 Å². The van der Waals surface area contributed by atoms with Gasteiger partial charge in [0.05, 0.1) is 4.92 Å².